The summed E-state index contributed by atoms with van der Waals surface area (Å²) in [5, 5.41) is 3.55. The van der Waals surface area contributed by atoms with Crippen LogP contribution in [0.15, 0.2) is 71.6 Å². The van der Waals surface area contributed by atoms with E-state index in [4.69, 9.17) is 23.2 Å². The number of halogens is 2. The molecular formula is C30H35Cl2N3O4S. The van der Waals surface area contributed by atoms with E-state index in [-0.39, 0.29) is 23.4 Å². The molecule has 2 amide bonds. The molecule has 0 spiro atoms. The average molecular weight is 605 g/mol. The molecule has 0 saturated carbocycles. The van der Waals surface area contributed by atoms with Gasteiger partial charge in [0.1, 0.15) is 12.6 Å². The largest absolute Gasteiger partial charge is 0.352 e. The number of rotatable bonds is 11. The van der Waals surface area contributed by atoms with Crippen molar-refractivity contribution >= 4 is 50.7 Å². The van der Waals surface area contributed by atoms with Crippen LogP contribution in [0.25, 0.3) is 0 Å². The first-order chi connectivity index (χ1) is 18.8. The van der Waals surface area contributed by atoms with Gasteiger partial charge in [-0.3, -0.25) is 13.9 Å². The predicted molar refractivity (Wildman–Crippen MR) is 161 cm³/mol. The first kappa shape index (κ1) is 31.5. The number of hydrogen-bond donors (Lipinski definition) is 1. The van der Waals surface area contributed by atoms with Crippen LogP contribution in [0.4, 0.5) is 5.69 Å². The van der Waals surface area contributed by atoms with Gasteiger partial charge in [-0.05, 0) is 70.5 Å². The molecule has 1 unspecified atom stereocenters. The Morgan fingerprint density at radius 1 is 0.875 bits per heavy atom. The van der Waals surface area contributed by atoms with E-state index in [0.29, 0.717) is 27.7 Å². The minimum atomic E-state index is -4.14. The van der Waals surface area contributed by atoms with E-state index in [0.717, 1.165) is 15.4 Å². The fourth-order valence-corrected chi connectivity index (χ4v) is 6.16. The Labute approximate surface area is 247 Å². The number of anilines is 1. The van der Waals surface area contributed by atoms with Crippen molar-refractivity contribution in [3.8, 4) is 0 Å². The zero-order valence-electron chi connectivity index (χ0n) is 23.3. The van der Waals surface area contributed by atoms with E-state index in [2.05, 4.69) is 5.32 Å². The summed E-state index contributed by atoms with van der Waals surface area (Å²) in [6.07, 6.45) is 0.293. The molecule has 0 aliphatic rings. The van der Waals surface area contributed by atoms with Gasteiger partial charge in [-0.15, -0.1) is 0 Å². The van der Waals surface area contributed by atoms with Crippen LogP contribution in [0.3, 0.4) is 0 Å². The second-order valence-electron chi connectivity index (χ2n) is 9.97. The maximum atomic E-state index is 14.1. The van der Waals surface area contributed by atoms with Crippen LogP contribution >= 0.6 is 23.2 Å². The third-order valence-corrected chi connectivity index (χ3v) is 8.91. The molecule has 3 aromatic carbocycles. The number of sulfonamides is 1. The molecule has 0 aliphatic carbocycles. The Balaban J connectivity index is 2.10. The van der Waals surface area contributed by atoms with Crippen LogP contribution in [0.1, 0.15) is 43.9 Å². The van der Waals surface area contributed by atoms with Crippen LogP contribution in [0.2, 0.25) is 10.0 Å². The van der Waals surface area contributed by atoms with Gasteiger partial charge in [0.2, 0.25) is 11.8 Å². The Bertz CT molecular complexity index is 1420. The number of carbonyl (C=O) groups excluding carboxylic acids is 2. The van der Waals surface area contributed by atoms with Gasteiger partial charge in [0.25, 0.3) is 10.0 Å². The maximum absolute atomic E-state index is 14.1. The van der Waals surface area contributed by atoms with Crippen LogP contribution in [0, 0.1) is 13.8 Å². The van der Waals surface area contributed by atoms with Gasteiger partial charge < -0.3 is 10.2 Å². The number of carbonyl (C=O) groups is 2. The van der Waals surface area contributed by atoms with E-state index < -0.39 is 28.5 Å². The van der Waals surface area contributed by atoms with Crippen LogP contribution < -0.4 is 9.62 Å². The molecule has 1 atom stereocenters. The first-order valence-corrected chi connectivity index (χ1v) is 15.2. The molecule has 0 aromatic heterocycles. The van der Waals surface area contributed by atoms with Gasteiger partial charge >= 0.3 is 0 Å². The summed E-state index contributed by atoms with van der Waals surface area (Å²) in [5.74, 6) is -0.921. The lowest BCUT2D eigenvalue weighted by molar-refractivity contribution is -0.140. The molecule has 1 N–H and O–H groups in total. The summed E-state index contributed by atoms with van der Waals surface area (Å²) in [6.45, 7) is 8.59. The number of aryl methyl sites for hydroxylation is 2. The molecule has 214 valence electrons. The molecule has 0 bridgehead atoms. The second-order valence-corrected chi connectivity index (χ2v) is 12.6. The fraction of sp³-hybridized carbons (Fsp3) is 0.333. The fourth-order valence-electron chi connectivity index (χ4n) is 4.23. The molecule has 40 heavy (non-hydrogen) atoms. The molecule has 3 aromatic rings. The number of hydrogen-bond acceptors (Lipinski definition) is 4. The summed E-state index contributed by atoms with van der Waals surface area (Å²) in [6, 6.07) is 17.3. The van der Waals surface area contributed by atoms with E-state index in [1.165, 1.54) is 17.0 Å². The van der Waals surface area contributed by atoms with E-state index in [9.17, 15) is 18.0 Å². The van der Waals surface area contributed by atoms with Crippen molar-refractivity contribution in [2.45, 2.75) is 64.6 Å². The van der Waals surface area contributed by atoms with Gasteiger partial charge in [-0.2, -0.15) is 0 Å². The minimum Gasteiger partial charge on any atom is -0.352 e. The highest BCUT2D eigenvalue weighted by atomic mass is 35.5. The average Bonchev–Trinajstić information content (AvgIpc) is 2.89. The molecule has 0 heterocycles. The summed E-state index contributed by atoms with van der Waals surface area (Å²) >= 11 is 12.9. The van der Waals surface area contributed by atoms with Crippen molar-refractivity contribution < 1.29 is 18.0 Å². The summed E-state index contributed by atoms with van der Waals surface area (Å²) in [5.41, 5.74) is 2.64. The second kappa shape index (κ2) is 13.5. The number of nitrogens with zero attached hydrogens (tertiary/aromatic N) is 2. The summed E-state index contributed by atoms with van der Waals surface area (Å²) < 4.78 is 28.9. The van der Waals surface area contributed by atoms with Crippen LogP contribution in [-0.2, 0) is 26.2 Å². The van der Waals surface area contributed by atoms with Crippen LogP contribution in [0.5, 0.6) is 0 Å². The van der Waals surface area contributed by atoms with Crippen molar-refractivity contribution in [1.29, 1.82) is 0 Å². The van der Waals surface area contributed by atoms with Gasteiger partial charge in [-0.25, -0.2) is 8.42 Å². The third kappa shape index (κ3) is 7.56. The molecule has 0 radical (unpaired) electrons. The van der Waals surface area contributed by atoms with E-state index in [1.54, 1.807) is 61.5 Å². The maximum Gasteiger partial charge on any atom is 0.264 e. The monoisotopic (exact) mass is 603 g/mol. The van der Waals surface area contributed by atoms with Gasteiger partial charge in [0.05, 0.1) is 10.6 Å². The van der Waals surface area contributed by atoms with E-state index >= 15 is 0 Å². The van der Waals surface area contributed by atoms with Crippen molar-refractivity contribution in [2.24, 2.45) is 0 Å². The molecule has 0 saturated heterocycles. The molecule has 10 heteroatoms. The number of nitrogens with one attached hydrogen (secondary N) is 1. The summed E-state index contributed by atoms with van der Waals surface area (Å²) in [7, 11) is -4.14. The number of amides is 2. The smallest absolute Gasteiger partial charge is 0.264 e. The lowest BCUT2D eigenvalue weighted by atomic mass is 10.1. The van der Waals surface area contributed by atoms with Gasteiger partial charge in [0.15, 0.2) is 0 Å². The molecule has 3 rings (SSSR count). The Morgan fingerprint density at radius 2 is 1.40 bits per heavy atom. The van der Waals surface area contributed by atoms with Crippen LogP contribution in [-0.4, -0.2) is 43.8 Å². The highest BCUT2D eigenvalue weighted by Gasteiger charge is 2.34. The predicted octanol–water partition coefficient (Wildman–Crippen LogP) is 6.14. The zero-order chi connectivity index (χ0) is 29.6. The Morgan fingerprint density at radius 3 is 1.90 bits per heavy atom. The highest BCUT2D eigenvalue weighted by molar-refractivity contribution is 7.92. The molecule has 0 aliphatic heterocycles. The Kier molecular flexibility index (Phi) is 10.6. The normalized spacial score (nSPS) is 12.2. The SMILES string of the molecule is CCC(C(=O)NC(C)C)N(Cc1c(Cl)cccc1Cl)C(=O)CN(c1ccc(C)cc1)S(=O)(=O)c1ccc(C)cc1. The highest BCUT2D eigenvalue weighted by Crippen LogP contribution is 2.29. The van der Waals surface area contributed by atoms with Crippen molar-refractivity contribution in [3.05, 3.63) is 93.5 Å². The zero-order valence-corrected chi connectivity index (χ0v) is 25.6. The van der Waals surface area contributed by atoms with Gasteiger partial charge in [0, 0.05) is 28.2 Å². The van der Waals surface area contributed by atoms with E-state index in [1.807, 2.05) is 27.7 Å². The number of benzene rings is 3. The quantitative estimate of drug-likeness (QED) is 0.285. The van der Waals surface area contributed by atoms with Crippen molar-refractivity contribution in [1.82, 2.24) is 10.2 Å². The van der Waals surface area contributed by atoms with Crippen molar-refractivity contribution in [3.63, 3.8) is 0 Å². The lowest BCUT2D eigenvalue weighted by Crippen LogP contribution is -2.53. The summed E-state index contributed by atoms with van der Waals surface area (Å²) in [4.78, 5) is 28.7. The molecule has 0 fully saturated rings. The molecule has 7 nitrogen and oxygen atoms in total. The Hall–Kier alpha value is -3.07. The first-order valence-electron chi connectivity index (χ1n) is 13.0. The minimum absolute atomic E-state index is 0.0526. The lowest BCUT2D eigenvalue weighted by Gasteiger charge is -2.34. The van der Waals surface area contributed by atoms with Gasteiger partial charge in [-0.1, -0.05) is 71.6 Å². The topological polar surface area (TPSA) is 86.8 Å². The van der Waals surface area contributed by atoms with Crippen molar-refractivity contribution in [2.75, 3.05) is 10.8 Å². The third-order valence-electron chi connectivity index (χ3n) is 6.42. The molecular weight excluding hydrogens is 569 g/mol. The standard InChI is InChI=1S/C30H35Cl2N3O4S/c1-6-28(30(37)33-20(2)3)34(18-25-26(31)8-7-9-27(25)32)29(36)19-35(23-14-10-21(4)11-15-23)40(38,39)24-16-12-22(5)13-17-24/h7-17,20,28H,6,18-19H2,1-5H3,(H,33,37).